The number of rotatable bonds is 9. The predicted molar refractivity (Wildman–Crippen MR) is 115 cm³/mol. The van der Waals surface area contributed by atoms with Gasteiger partial charge in [-0.1, -0.05) is 91.0 Å². The number of hydrogen-bond donors (Lipinski definition) is 0. The van der Waals surface area contributed by atoms with Crippen molar-refractivity contribution in [2.45, 2.75) is 25.0 Å². The molecule has 4 nitrogen and oxygen atoms in total. The molecule has 0 saturated heterocycles. The normalized spacial score (nSPS) is 13.2. The van der Waals surface area contributed by atoms with Crippen molar-refractivity contribution in [1.82, 2.24) is 0 Å². The molecule has 0 spiro atoms. The summed E-state index contributed by atoms with van der Waals surface area (Å²) in [5.41, 5.74) is 2.21. The molecule has 1 atom stereocenters. The van der Waals surface area contributed by atoms with Crippen molar-refractivity contribution >= 4 is 10.1 Å². The van der Waals surface area contributed by atoms with Crippen LogP contribution in [0, 0.1) is 0 Å². The molecular weight excluding hydrogens is 384 g/mol. The van der Waals surface area contributed by atoms with Gasteiger partial charge in [-0.25, -0.2) is 0 Å². The van der Waals surface area contributed by atoms with Crippen LogP contribution in [0.15, 0.2) is 91.0 Å². The van der Waals surface area contributed by atoms with Crippen LogP contribution in [0.1, 0.15) is 30.0 Å². The van der Waals surface area contributed by atoms with Crippen LogP contribution < -0.4 is 0 Å². The highest BCUT2D eigenvalue weighted by atomic mass is 32.2. The summed E-state index contributed by atoms with van der Waals surface area (Å²) in [7, 11) is -3.50. The van der Waals surface area contributed by atoms with Crippen LogP contribution in [0.4, 0.5) is 0 Å². The zero-order valence-corrected chi connectivity index (χ0v) is 17.5. The lowest BCUT2D eigenvalue weighted by molar-refractivity contribution is 0.000336. The third kappa shape index (κ3) is 5.32. The Morgan fingerprint density at radius 3 is 1.48 bits per heavy atom. The molecule has 0 bridgehead atoms. The first kappa shape index (κ1) is 21.2. The van der Waals surface area contributed by atoms with E-state index in [1.54, 1.807) is 6.92 Å². The molecule has 0 radical (unpaired) electrons. The number of hydrogen-bond acceptors (Lipinski definition) is 4. The van der Waals surface area contributed by atoms with Gasteiger partial charge < -0.3 is 4.74 Å². The van der Waals surface area contributed by atoms with Gasteiger partial charge >= 0.3 is 0 Å². The molecule has 0 fully saturated rings. The van der Waals surface area contributed by atoms with Gasteiger partial charge in [-0.15, -0.1) is 0 Å². The number of benzene rings is 3. The van der Waals surface area contributed by atoms with Crippen LogP contribution in [0.2, 0.25) is 0 Å². The fourth-order valence-corrected chi connectivity index (χ4v) is 4.19. The van der Waals surface area contributed by atoms with Gasteiger partial charge in [-0.05, 0) is 30.0 Å². The monoisotopic (exact) mass is 410 g/mol. The molecule has 152 valence electrons. The Labute approximate surface area is 173 Å². The Kier molecular flexibility index (Phi) is 6.85. The van der Waals surface area contributed by atoms with Crippen molar-refractivity contribution in [3.63, 3.8) is 0 Å². The van der Waals surface area contributed by atoms with E-state index in [1.807, 2.05) is 54.6 Å². The highest BCUT2D eigenvalue weighted by molar-refractivity contribution is 7.86. The van der Waals surface area contributed by atoms with Crippen LogP contribution in [-0.4, -0.2) is 27.4 Å². The average molecular weight is 411 g/mol. The lowest BCUT2D eigenvalue weighted by Gasteiger charge is -2.36. The van der Waals surface area contributed by atoms with Crippen molar-refractivity contribution in [2.24, 2.45) is 0 Å². The first-order valence-corrected chi connectivity index (χ1v) is 11.4. The fraction of sp³-hybridized carbons (Fsp3) is 0.250. The smallest absolute Gasteiger partial charge is 0.264 e. The summed E-state index contributed by atoms with van der Waals surface area (Å²) in [6.45, 7) is 2.06. The molecule has 29 heavy (non-hydrogen) atoms. The quantitative estimate of drug-likeness (QED) is 0.377. The second-order valence-electron chi connectivity index (χ2n) is 7.03. The van der Waals surface area contributed by atoms with Crippen LogP contribution in [0.3, 0.4) is 0 Å². The van der Waals surface area contributed by atoms with Gasteiger partial charge in [-0.3, -0.25) is 4.18 Å². The van der Waals surface area contributed by atoms with Crippen LogP contribution in [0.25, 0.3) is 0 Å². The Morgan fingerprint density at radius 1 is 0.759 bits per heavy atom. The van der Waals surface area contributed by atoms with Gasteiger partial charge in [0.05, 0.1) is 19.0 Å². The summed E-state index contributed by atoms with van der Waals surface area (Å²) in [6.07, 6.45) is 1.04. The van der Waals surface area contributed by atoms with E-state index in [-0.39, 0.29) is 0 Å². The summed E-state index contributed by atoms with van der Waals surface area (Å²) < 4.78 is 34.5. The van der Waals surface area contributed by atoms with E-state index in [2.05, 4.69) is 36.4 Å². The topological polar surface area (TPSA) is 52.6 Å². The minimum absolute atomic E-state index is 0.329. The average Bonchev–Trinajstić information content (AvgIpc) is 2.72. The lowest BCUT2D eigenvalue weighted by atomic mass is 9.80. The largest absolute Gasteiger partial charge is 0.361 e. The molecule has 3 aromatic carbocycles. The molecule has 0 N–H and O–H groups in total. The minimum atomic E-state index is -3.50. The molecule has 0 saturated carbocycles. The lowest BCUT2D eigenvalue weighted by Crippen LogP contribution is -2.34. The van der Waals surface area contributed by atoms with Gasteiger partial charge in [0, 0.05) is 0 Å². The van der Waals surface area contributed by atoms with E-state index < -0.39 is 21.8 Å². The standard InChI is InChI=1S/C24H26O4S/c1-20(28-29(2,25)26)18-19-27-24(21-12-6-3-7-13-21,22-14-8-4-9-15-22)23-16-10-5-11-17-23/h3-17,20H,18-19H2,1-2H3. The van der Waals surface area contributed by atoms with Gasteiger partial charge in [0.15, 0.2) is 0 Å². The summed E-state index contributed by atoms with van der Waals surface area (Å²) in [5.74, 6) is 0. The molecule has 0 heterocycles. The maximum absolute atomic E-state index is 11.4. The van der Waals surface area contributed by atoms with Gasteiger partial charge in [-0.2, -0.15) is 8.42 Å². The van der Waals surface area contributed by atoms with Gasteiger partial charge in [0.1, 0.15) is 5.60 Å². The van der Waals surface area contributed by atoms with Crippen LogP contribution in [-0.2, 0) is 24.6 Å². The number of ether oxygens (including phenoxy) is 1. The molecule has 0 amide bonds. The third-order valence-corrected chi connectivity index (χ3v) is 5.40. The van der Waals surface area contributed by atoms with Crippen molar-refractivity contribution in [2.75, 3.05) is 12.9 Å². The Balaban J connectivity index is 2.01. The van der Waals surface area contributed by atoms with Crippen molar-refractivity contribution in [3.8, 4) is 0 Å². The van der Waals surface area contributed by atoms with E-state index in [4.69, 9.17) is 8.92 Å². The fourth-order valence-electron chi connectivity index (χ4n) is 3.49. The molecule has 5 heteroatoms. The maximum atomic E-state index is 11.4. The minimum Gasteiger partial charge on any atom is -0.361 e. The van der Waals surface area contributed by atoms with E-state index in [1.165, 1.54) is 0 Å². The Bertz CT molecular complexity index is 890. The molecular formula is C24H26O4S. The van der Waals surface area contributed by atoms with Gasteiger partial charge in [0.25, 0.3) is 10.1 Å². The Hall–Kier alpha value is -2.47. The molecule has 0 aliphatic heterocycles. The highest BCUT2D eigenvalue weighted by Crippen LogP contribution is 2.40. The molecule has 3 aromatic rings. The van der Waals surface area contributed by atoms with Crippen molar-refractivity contribution in [1.29, 1.82) is 0 Å². The van der Waals surface area contributed by atoms with Crippen LogP contribution >= 0.6 is 0 Å². The van der Waals surface area contributed by atoms with E-state index in [0.717, 1.165) is 22.9 Å². The second kappa shape index (κ2) is 9.35. The summed E-state index contributed by atoms with van der Waals surface area (Å²) in [5, 5.41) is 0. The van der Waals surface area contributed by atoms with E-state index >= 15 is 0 Å². The zero-order chi connectivity index (χ0) is 20.7. The summed E-state index contributed by atoms with van der Waals surface area (Å²) in [6, 6.07) is 30.2. The molecule has 1 unspecified atom stereocenters. The first-order valence-electron chi connectivity index (χ1n) is 9.60. The summed E-state index contributed by atoms with van der Waals surface area (Å²) in [4.78, 5) is 0. The molecule has 0 aliphatic carbocycles. The van der Waals surface area contributed by atoms with E-state index in [0.29, 0.717) is 13.0 Å². The SMILES string of the molecule is CC(CCOC(c1ccccc1)(c1ccccc1)c1ccccc1)OS(C)(=O)=O. The molecule has 0 aliphatic rings. The second-order valence-corrected chi connectivity index (χ2v) is 8.63. The third-order valence-electron chi connectivity index (χ3n) is 4.72. The highest BCUT2D eigenvalue weighted by Gasteiger charge is 2.37. The Morgan fingerprint density at radius 2 is 1.14 bits per heavy atom. The first-order chi connectivity index (χ1) is 13.9. The van der Waals surface area contributed by atoms with Crippen molar-refractivity contribution < 1.29 is 17.3 Å². The van der Waals surface area contributed by atoms with Crippen molar-refractivity contribution in [3.05, 3.63) is 108 Å². The van der Waals surface area contributed by atoms with E-state index in [9.17, 15) is 8.42 Å². The predicted octanol–water partition coefficient (Wildman–Crippen LogP) is 4.75. The zero-order valence-electron chi connectivity index (χ0n) is 16.7. The van der Waals surface area contributed by atoms with Gasteiger partial charge in [0.2, 0.25) is 0 Å². The summed E-state index contributed by atoms with van der Waals surface area (Å²) >= 11 is 0. The van der Waals surface area contributed by atoms with Crippen LogP contribution in [0.5, 0.6) is 0 Å². The maximum Gasteiger partial charge on any atom is 0.264 e. The molecule has 0 aromatic heterocycles. The molecule has 3 rings (SSSR count).